The van der Waals surface area contributed by atoms with Crippen LogP contribution in [0.1, 0.15) is 36.2 Å². The first-order valence-corrected chi connectivity index (χ1v) is 6.63. The summed E-state index contributed by atoms with van der Waals surface area (Å²) in [7, 11) is 1.62. The molecule has 0 aliphatic carbocycles. The Morgan fingerprint density at radius 3 is 2.58 bits per heavy atom. The fraction of sp³-hybridized carbons (Fsp3) is 0.533. The minimum Gasteiger partial charge on any atom is -0.396 e. The molecule has 0 aliphatic heterocycles. The van der Waals surface area contributed by atoms with Crippen molar-refractivity contribution in [3.05, 3.63) is 29.3 Å². The number of hydrogen-bond acceptors (Lipinski definition) is 3. The van der Waals surface area contributed by atoms with Crippen LogP contribution in [0.2, 0.25) is 0 Å². The lowest BCUT2D eigenvalue weighted by Crippen LogP contribution is -2.29. The summed E-state index contributed by atoms with van der Waals surface area (Å²) in [5.74, 6) is -0.0802. The summed E-state index contributed by atoms with van der Waals surface area (Å²) in [6.07, 6.45) is 0.909. The summed E-state index contributed by atoms with van der Waals surface area (Å²) < 4.78 is 0. The Kier molecular flexibility index (Phi) is 5.36. The van der Waals surface area contributed by atoms with E-state index >= 15 is 0 Å². The number of carbonyl (C=O) groups excluding carboxylic acids is 1. The summed E-state index contributed by atoms with van der Waals surface area (Å²) in [5.41, 5.74) is 2.57. The van der Waals surface area contributed by atoms with Crippen molar-refractivity contribution in [2.24, 2.45) is 5.41 Å². The van der Waals surface area contributed by atoms with Crippen molar-refractivity contribution in [2.45, 2.75) is 27.2 Å². The number of aryl methyl sites for hydroxylation is 1. The summed E-state index contributed by atoms with van der Waals surface area (Å²) in [4.78, 5) is 11.5. The summed E-state index contributed by atoms with van der Waals surface area (Å²) in [6.45, 7) is 6.96. The average Bonchev–Trinajstić information content (AvgIpc) is 2.44. The topological polar surface area (TPSA) is 61.4 Å². The Bertz CT molecular complexity index is 440. The molecule has 1 rings (SSSR count). The van der Waals surface area contributed by atoms with Gasteiger partial charge in [0.15, 0.2) is 0 Å². The normalized spacial score (nSPS) is 13.7. The van der Waals surface area contributed by atoms with Crippen LogP contribution < -0.4 is 10.6 Å². The molecule has 1 aromatic rings. The number of rotatable bonds is 6. The molecule has 0 fully saturated rings. The monoisotopic (exact) mass is 264 g/mol. The van der Waals surface area contributed by atoms with Crippen LogP contribution in [0.3, 0.4) is 0 Å². The first kappa shape index (κ1) is 15.5. The number of hydrogen-bond donors (Lipinski definition) is 3. The van der Waals surface area contributed by atoms with Crippen LogP contribution in [0, 0.1) is 12.3 Å². The largest absolute Gasteiger partial charge is 0.396 e. The van der Waals surface area contributed by atoms with Crippen LogP contribution in [0.5, 0.6) is 0 Å². The molecule has 1 atom stereocenters. The lowest BCUT2D eigenvalue weighted by atomic mass is 9.88. The number of aliphatic hydroxyl groups excluding tert-OH is 1. The van der Waals surface area contributed by atoms with Gasteiger partial charge in [-0.1, -0.05) is 13.8 Å². The van der Waals surface area contributed by atoms with Gasteiger partial charge in [0.05, 0.1) is 6.61 Å². The SMILES string of the molecule is CCC(C)(CO)CNc1ccc(C(=O)NC)cc1C. The first-order chi connectivity index (χ1) is 8.95. The van der Waals surface area contributed by atoms with Gasteiger partial charge in [0.25, 0.3) is 5.91 Å². The Morgan fingerprint density at radius 2 is 2.11 bits per heavy atom. The van der Waals surface area contributed by atoms with E-state index in [1.54, 1.807) is 13.1 Å². The standard InChI is InChI=1S/C15H24N2O2/c1-5-15(3,10-18)9-17-13-7-6-12(8-11(13)2)14(19)16-4/h6-8,17-18H,5,9-10H2,1-4H3,(H,16,19). The number of anilines is 1. The van der Waals surface area contributed by atoms with Crippen LogP contribution in [-0.2, 0) is 0 Å². The third kappa shape index (κ3) is 3.96. The molecule has 0 spiro atoms. The Hall–Kier alpha value is -1.55. The van der Waals surface area contributed by atoms with Crippen molar-refractivity contribution in [2.75, 3.05) is 25.5 Å². The Labute approximate surface area is 115 Å². The molecule has 106 valence electrons. The molecule has 4 nitrogen and oxygen atoms in total. The molecule has 0 saturated heterocycles. The van der Waals surface area contributed by atoms with Crippen molar-refractivity contribution in [3.8, 4) is 0 Å². The van der Waals surface area contributed by atoms with Crippen LogP contribution in [-0.4, -0.2) is 31.2 Å². The van der Waals surface area contributed by atoms with E-state index in [1.165, 1.54) is 0 Å². The van der Waals surface area contributed by atoms with Gasteiger partial charge in [0.2, 0.25) is 0 Å². The molecule has 1 unspecified atom stereocenters. The van der Waals surface area contributed by atoms with E-state index in [0.717, 1.165) is 17.7 Å². The number of aliphatic hydroxyl groups is 1. The van der Waals surface area contributed by atoms with Gasteiger partial charge in [-0.25, -0.2) is 0 Å². The fourth-order valence-corrected chi connectivity index (χ4v) is 1.75. The van der Waals surface area contributed by atoms with E-state index in [-0.39, 0.29) is 17.9 Å². The van der Waals surface area contributed by atoms with Gasteiger partial charge in [-0.15, -0.1) is 0 Å². The van der Waals surface area contributed by atoms with Gasteiger partial charge in [0.1, 0.15) is 0 Å². The van der Waals surface area contributed by atoms with E-state index in [1.807, 2.05) is 26.0 Å². The van der Waals surface area contributed by atoms with E-state index < -0.39 is 0 Å². The molecule has 0 saturated carbocycles. The zero-order chi connectivity index (χ0) is 14.5. The average molecular weight is 264 g/mol. The summed E-state index contributed by atoms with van der Waals surface area (Å²) in [6, 6.07) is 5.58. The number of benzene rings is 1. The van der Waals surface area contributed by atoms with Crippen LogP contribution >= 0.6 is 0 Å². The first-order valence-electron chi connectivity index (χ1n) is 6.63. The van der Waals surface area contributed by atoms with Gasteiger partial charge < -0.3 is 15.7 Å². The van der Waals surface area contributed by atoms with Crippen molar-refractivity contribution in [1.82, 2.24) is 5.32 Å². The molecule has 1 amide bonds. The highest BCUT2D eigenvalue weighted by atomic mass is 16.3. The van der Waals surface area contributed by atoms with Gasteiger partial charge in [0, 0.05) is 30.3 Å². The molecule has 0 heterocycles. The van der Waals surface area contributed by atoms with Gasteiger partial charge in [-0.2, -0.15) is 0 Å². The maximum absolute atomic E-state index is 11.5. The van der Waals surface area contributed by atoms with Crippen LogP contribution in [0.4, 0.5) is 5.69 Å². The molecule has 0 bridgehead atoms. The molecule has 3 N–H and O–H groups in total. The van der Waals surface area contributed by atoms with Crippen LogP contribution in [0.25, 0.3) is 0 Å². The maximum atomic E-state index is 11.5. The Balaban J connectivity index is 2.78. The van der Waals surface area contributed by atoms with Gasteiger partial charge >= 0.3 is 0 Å². The molecule has 0 radical (unpaired) electrons. The zero-order valence-corrected chi connectivity index (χ0v) is 12.2. The predicted molar refractivity (Wildman–Crippen MR) is 78.5 cm³/mol. The highest BCUT2D eigenvalue weighted by Gasteiger charge is 2.20. The highest BCUT2D eigenvalue weighted by Crippen LogP contribution is 2.23. The summed E-state index contributed by atoms with van der Waals surface area (Å²) in [5, 5.41) is 15.3. The van der Waals surface area contributed by atoms with Crippen molar-refractivity contribution < 1.29 is 9.90 Å². The predicted octanol–water partition coefficient (Wildman–Crippen LogP) is 2.18. The number of nitrogens with one attached hydrogen (secondary N) is 2. The van der Waals surface area contributed by atoms with Crippen molar-refractivity contribution >= 4 is 11.6 Å². The second-order valence-electron chi connectivity index (χ2n) is 5.28. The Morgan fingerprint density at radius 1 is 1.42 bits per heavy atom. The molecule has 1 aromatic carbocycles. The third-order valence-electron chi connectivity index (χ3n) is 3.66. The summed E-state index contributed by atoms with van der Waals surface area (Å²) >= 11 is 0. The van der Waals surface area contributed by atoms with E-state index in [9.17, 15) is 9.90 Å². The number of amides is 1. The maximum Gasteiger partial charge on any atom is 0.251 e. The molecular formula is C15H24N2O2. The molecule has 19 heavy (non-hydrogen) atoms. The molecule has 4 heteroatoms. The lowest BCUT2D eigenvalue weighted by molar-refractivity contribution is 0.0963. The fourth-order valence-electron chi connectivity index (χ4n) is 1.75. The van der Waals surface area contributed by atoms with Gasteiger partial charge in [-0.05, 0) is 37.1 Å². The smallest absolute Gasteiger partial charge is 0.251 e. The lowest BCUT2D eigenvalue weighted by Gasteiger charge is -2.27. The highest BCUT2D eigenvalue weighted by molar-refractivity contribution is 5.94. The molecule has 0 aliphatic rings. The van der Waals surface area contributed by atoms with Crippen molar-refractivity contribution in [3.63, 3.8) is 0 Å². The third-order valence-corrected chi connectivity index (χ3v) is 3.66. The number of carbonyl (C=O) groups is 1. The second-order valence-corrected chi connectivity index (χ2v) is 5.28. The second kappa shape index (κ2) is 6.57. The van der Waals surface area contributed by atoms with Crippen molar-refractivity contribution in [1.29, 1.82) is 0 Å². The molecular weight excluding hydrogens is 240 g/mol. The van der Waals surface area contributed by atoms with E-state index in [4.69, 9.17) is 0 Å². The minimum absolute atomic E-state index is 0.0802. The quantitative estimate of drug-likeness (QED) is 0.738. The minimum atomic E-state index is -0.119. The van der Waals surface area contributed by atoms with Gasteiger partial charge in [-0.3, -0.25) is 4.79 Å². The molecule has 0 aromatic heterocycles. The van der Waals surface area contributed by atoms with E-state index in [0.29, 0.717) is 12.1 Å². The zero-order valence-electron chi connectivity index (χ0n) is 12.2. The van der Waals surface area contributed by atoms with Crippen LogP contribution in [0.15, 0.2) is 18.2 Å². The van der Waals surface area contributed by atoms with E-state index in [2.05, 4.69) is 17.6 Å².